The highest BCUT2D eigenvalue weighted by molar-refractivity contribution is 5.92. The summed E-state index contributed by atoms with van der Waals surface area (Å²) in [5, 5.41) is 3.13. The van der Waals surface area contributed by atoms with Crippen LogP contribution in [-0.4, -0.2) is 48.1 Å². The normalized spacial score (nSPS) is 18.0. The first-order valence-electron chi connectivity index (χ1n) is 9.90. The molecule has 6 nitrogen and oxygen atoms in total. The number of aryl methyl sites for hydroxylation is 1. The number of benzene rings is 1. The molecule has 0 atom stereocenters. The number of rotatable bonds is 4. The van der Waals surface area contributed by atoms with E-state index in [1.165, 1.54) is 18.5 Å². The molecule has 1 aromatic heterocycles. The quantitative estimate of drug-likeness (QED) is 0.903. The Kier molecular flexibility index (Phi) is 5.23. The van der Waals surface area contributed by atoms with Gasteiger partial charge in [-0.2, -0.15) is 0 Å². The summed E-state index contributed by atoms with van der Waals surface area (Å²) in [5.74, 6) is 0.593. The van der Waals surface area contributed by atoms with Crippen LogP contribution in [0.25, 0.3) is 0 Å². The van der Waals surface area contributed by atoms with Crippen molar-refractivity contribution in [3.8, 4) is 0 Å². The Bertz CT molecular complexity index is 780. The number of hydrogen-bond donors (Lipinski definition) is 1. The van der Waals surface area contributed by atoms with E-state index >= 15 is 0 Å². The second-order valence-electron chi connectivity index (χ2n) is 7.46. The molecule has 27 heavy (non-hydrogen) atoms. The van der Waals surface area contributed by atoms with Crippen LogP contribution in [0.4, 0.5) is 11.6 Å². The minimum atomic E-state index is -0.0726. The van der Waals surface area contributed by atoms with Gasteiger partial charge in [0.05, 0.1) is 0 Å². The van der Waals surface area contributed by atoms with Gasteiger partial charge in [-0.3, -0.25) is 4.79 Å². The molecule has 2 heterocycles. The highest BCUT2D eigenvalue weighted by atomic mass is 16.1. The van der Waals surface area contributed by atoms with E-state index in [4.69, 9.17) is 0 Å². The molecule has 142 valence electrons. The van der Waals surface area contributed by atoms with E-state index in [0.717, 1.165) is 44.7 Å². The molecule has 1 N–H and O–H groups in total. The maximum Gasteiger partial charge on any atom is 0.270 e. The van der Waals surface area contributed by atoms with Crippen molar-refractivity contribution < 1.29 is 4.79 Å². The van der Waals surface area contributed by atoms with Gasteiger partial charge >= 0.3 is 0 Å². The molecule has 0 unspecified atom stereocenters. The van der Waals surface area contributed by atoms with Crippen molar-refractivity contribution in [2.45, 2.75) is 38.6 Å². The Morgan fingerprint density at radius 2 is 1.67 bits per heavy atom. The number of amides is 1. The van der Waals surface area contributed by atoms with Crippen molar-refractivity contribution in [1.29, 1.82) is 0 Å². The smallest absolute Gasteiger partial charge is 0.270 e. The number of nitrogens with zero attached hydrogens (tertiary/aromatic N) is 4. The fraction of sp³-hybridized carbons (Fsp3) is 0.476. The first-order chi connectivity index (χ1) is 13.2. The highest BCUT2D eigenvalue weighted by Crippen LogP contribution is 2.20. The lowest BCUT2D eigenvalue weighted by molar-refractivity contribution is 0.0932. The summed E-state index contributed by atoms with van der Waals surface area (Å²) in [6.45, 7) is 5.47. The van der Waals surface area contributed by atoms with Crippen LogP contribution in [0.1, 0.15) is 41.9 Å². The van der Waals surface area contributed by atoms with E-state index in [2.05, 4.69) is 49.4 Å². The van der Waals surface area contributed by atoms with E-state index < -0.39 is 0 Å². The van der Waals surface area contributed by atoms with Crippen molar-refractivity contribution >= 4 is 17.5 Å². The van der Waals surface area contributed by atoms with Crippen molar-refractivity contribution in [2.75, 3.05) is 36.0 Å². The Hall–Kier alpha value is -2.63. The number of nitrogens with one attached hydrogen (secondary N) is 1. The number of para-hydroxylation sites is 1. The van der Waals surface area contributed by atoms with E-state index in [9.17, 15) is 4.79 Å². The van der Waals surface area contributed by atoms with Crippen LogP contribution in [0.2, 0.25) is 0 Å². The molecule has 2 aliphatic rings. The molecule has 1 saturated carbocycles. The van der Waals surface area contributed by atoms with E-state index in [1.54, 1.807) is 6.07 Å². The van der Waals surface area contributed by atoms with Crippen LogP contribution in [0.3, 0.4) is 0 Å². The zero-order valence-electron chi connectivity index (χ0n) is 15.9. The first-order valence-corrected chi connectivity index (χ1v) is 9.90. The standard InChI is InChI=1S/C21H27N5O/c1-16-15-19(20(27)23-17-7-5-6-8-17)24-21(22-16)26-13-11-25(12-14-26)18-9-3-2-4-10-18/h2-4,9-10,15,17H,5-8,11-14H2,1H3,(H,23,27). The fourth-order valence-electron chi connectivity index (χ4n) is 3.94. The van der Waals surface area contributed by atoms with Crippen molar-refractivity contribution in [3.05, 3.63) is 47.8 Å². The van der Waals surface area contributed by atoms with Gasteiger partial charge in [0.1, 0.15) is 5.69 Å². The number of piperazine rings is 1. The van der Waals surface area contributed by atoms with Gasteiger partial charge in [0.15, 0.2) is 0 Å². The lowest BCUT2D eigenvalue weighted by Gasteiger charge is -2.36. The van der Waals surface area contributed by atoms with Crippen molar-refractivity contribution in [3.63, 3.8) is 0 Å². The third kappa shape index (κ3) is 4.21. The molecule has 0 radical (unpaired) electrons. The Balaban J connectivity index is 1.43. The average molecular weight is 365 g/mol. The molecule has 1 saturated heterocycles. The molecule has 0 spiro atoms. The van der Waals surface area contributed by atoms with Gasteiger partial charge < -0.3 is 15.1 Å². The van der Waals surface area contributed by atoms with Gasteiger partial charge in [0.25, 0.3) is 5.91 Å². The summed E-state index contributed by atoms with van der Waals surface area (Å²) >= 11 is 0. The molecule has 2 fully saturated rings. The molecule has 1 aromatic carbocycles. The number of carbonyl (C=O) groups excluding carboxylic acids is 1. The molecule has 1 aliphatic heterocycles. The molecule has 6 heteroatoms. The van der Waals surface area contributed by atoms with Gasteiger partial charge in [0, 0.05) is 43.6 Å². The zero-order valence-corrected chi connectivity index (χ0v) is 15.9. The second-order valence-corrected chi connectivity index (χ2v) is 7.46. The van der Waals surface area contributed by atoms with Crippen LogP contribution in [0, 0.1) is 6.92 Å². The summed E-state index contributed by atoms with van der Waals surface area (Å²) in [4.78, 5) is 26.3. The lowest BCUT2D eigenvalue weighted by atomic mass is 10.2. The van der Waals surface area contributed by atoms with Crippen LogP contribution in [0.5, 0.6) is 0 Å². The minimum Gasteiger partial charge on any atom is -0.368 e. The molecule has 0 bridgehead atoms. The lowest BCUT2D eigenvalue weighted by Crippen LogP contribution is -2.47. The summed E-state index contributed by atoms with van der Waals surface area (Å²) in [6, 6.07) is 12.5. The summed E-state index contributed by atoms with van der Waals surface area (Å²) in [7, 11) is 0. The molecule has 1 amide bonds. The molecule has 2 aromatic rings. The van der Waals surface area contributed by atoms with E-state index in [1.807, 2.05) is 13.0 Å². The van der Waals surface area contributed by atoms with Gasteiger partial charge in [0.2, 0.25) is 5.95 Å². The summed E-state index contributed by atoms with van der Waals surface area (Å²) in [5.41, 5.74) is 2.57. The predicted octanol–water partition coefficient (Wildman–Crippen LogP) is 2.78. The minimum absolute atomic E-state index is 0.0726. The topological polar surface area (TPSA) is 61.4 Å². The largest absolute Gasteiger partial charge is 0.368 e. The molecular formula is C21H27N5O. The van der Waals surface area contributed by atoms with Gasteiger partial charge in [-0.05, 0) is 38.0 Å². The van der Waals surface area contributed by atoms with Gasteiger partial charge in [-0.25, -0.2) is 9.97 Å². The number of hydrogen-bond acceptors (Lipinski definition) is 5. The fourth-order valence-corrected chi connectivity index (χ4v) is 3.94. The van der Waals surface area contributed by atoms with Crippen LogP contribution < -0.4 is 15.1 Å². The van der Waals surface area contributed by atoms with E-state index in [-0.39, 0.29) is 5.91 Å². The third-order valence-electron chi connectivity index (χ3n) is 5.45. The zero-order chi connectivity index (χ0) is 18.6. The Morgan fingerprint density at radius 1 is 1.00 bits per heavy atom. The Morgan fingerprint density at radius 3 is 2.37 bits per heavy atom. The van der Waals surface area contributed by atoms with Gasteiger partial charge in [-0.1, -0.05) is 31.0 Å². The number of carbonyl (C=O) groups is 1. The monoisotopic (exact) mass is 365 g/mol. The third-order valence-corrected chi connectivity index (χ3v) is 5.45. The second kappa shape index (κ2) is 7.94. The predicted molar refractivity (Wildman–Crippen MR) is 107 cm³/mol. The Labute approximate surface area is 160 Å². The summed E-state index contributed by atoms with van der Waals surface area (Å²) < 4.78 is 0. The van der Waals surface area contributed by atoms with Crippen molar-refractivity contribution in [1.82, 2.24) is 15.3 Å². The van der Waals surface area contributed by atoms with Crippen molar-refractivity contribution in [2.24, 2.45) is 0 Å². The maximum atomic E-state index is 12.6. The van der Waals surface area contributed by atoms with Gasteiger partial charge in [-0.15, -0.1) is 0 Å². The highest BCUT2D eigenvalue weighted by Gasteiger charge is 2.22. The SMILES string of the molecule is Cc1cc(C(=O)NC2CCCC2)nc(N2CCN(c3ccccc3)CC2)n1. The summed E-state index contributed by atoms with van der Waals surface area (Å²) in [6.07, 6.45) is 4.55. The molecule has 4 rings (SSSR count). The molecule has 1 aliphatic carbocycles. The maximum absolute atomic E-state index is 12.6. The number of anilines is 2. The van der Waals surface area contributed by atoms with Crippen LogP contribution in [-0.2, 0) is 0 Å². The van der Waals surface area contributed by atoms with Crippen LogP contribution >= 0.6 is 0 Å². The molecular weight excluding hydrogens is 338 g/mol. The average Bonchev–Trinajstić information content (AvgIpc) is 3.21. The first kappa shape index (κ1) is 17.8. The number of aromatic nitrogens is 2. The van der Waals surface area contributed by atoms with E-state index in [0.29, 0.717) is 17.7 Å². The van der Waals surface area contributed by atoms with Crippen LogP contribution in [0.15, 0.2) is 36.4 Å².